The number of rotatable bonds is 3. The summed E-state index contributed by atoms with van der Waals surface area (Å²) < 4.78 is 0. The first-order valence-corrected chi connectivity index (χ1v) is 5.74. The number of hydrogen-bond donors (Lipinski definition) is 1. The highest BCUT2D eigenvalue weighted by Crippen LogP contribution is 2.26. The Bertz CT molecular complexity index is 500. The molecule has 1 aromatic carbocycles. The SMILES string of the molecule is O=C(c1cc([N+](=O)[O-])ccc1Cl)N1CC(CO)C1. The summed E-state index contributed by atoms with van der Waals surface area (Å²) in [5.74, 6) is -0.250. The van der Waals surface area contributed by atoms with Gasteiger partial charge < -0.3 is 10.0 Å². The first kappa shape index (κ1) is 12.8. The Hall–Kier alpha value is -1.66. The first-order chi connectivity index (χ1) is 8.52. The number of aliphatic hydroxyl groups is 1. The number of aliphatic hydroxyl groups excluding tert-OH is 1. The van der Waals surface area contributed by atoms with Crippen LogP contribution in [-0.2, 0) is 0 Å². The van der Waals surface area contributed by atoms with Gasteiger partial charge in [0.25, 0.3) is 11.6 Å². The van der Waals surface area contributed by atoms with E-state index >= 15 is 0 Å². The molecule has 0 bridgehead atoms. The van der Waals surface area contributed by atoms with Gasteiger partial charge in [0.05, 0.1) is 15.5 Å². The first-order valence-electron chi connectivity index (χ1n) is 5.37. The average Bonchev–Trinajstić information content (AvgIpc) is 2.27. The van der Waals surface area contributed by atoms with Gasteiger partial charge in [-0.05, 0) is 6.07 Å². The molecule has 18 heavy (non-hydrogen) atoms. The number of hydrogen-bond acceptors (Lipinski definition) is 4. The summed E-state index contributed by atoms with van der Waals surface area (Å²) in [6, 6.07) is 3.78. The van der Waals surface area contributed by atoms with Crippen molar-refractivity contribution >= 4 is 23.2 Å². The molecule has 7 heteroatoms. The third-order valence-corrected chi connectivity index (χ3v) is 3.22. The number of nitro benzene ring substituents is 1. The lowest BCUT2D eigenvalue weighted by molar-refractivity contribution is -0.384. The van der Waals surface area contributed by atoms with Crippen LogP contribution in [-0.4, -0.2) is 40.5 Å². The lowest BCUT2D eigenvalue weighted by atomic mass is 10.00. The van der Waals surface area contributed by atoms with Gasteiger partial charge in [-0.25, -0.2) is 0 Å². The summed E-state index contributed by atoms with van der Waals surface area (Å²) in [5.41, 5.74) is -0.0377. The fourth-order valence-electron chi connectivity index (χ4n) is 1.81. The van der Waals surface area contributed by atoms with Crippen molar-refractivity contribution in [2.75, 3.05) is 19.7 Å². The molecule has 0 aliphatic carbocycles. The van der Waals surface area contributed by atoms with E-state index in [9.17, 15) is 14.9 Å². The highest BCUT2D eigenvalue weighted by Gasteiger charge is 2.32. The van der Waals surface area contributed by atoms with E-state index in [1.54, 1.807) is 0 Å². The van der Waals surface area contributed by atoms with E-state index in [2.05, 4.69) is 0 Å². The lowest BCUT2D eigenvalue weighted by Gasteiger charge is -2.38. The maximum absolute atomic E-state index is 12.0. The van der Waals surface area contributed by atoms with Gasteiger partial charge in [0.2, 0.25) is 0 Å². The van der Waals surface area contributed by atoms with Crippen molar-refractivity contribution in [3.05, 3.63) is 38.9 Å². The summed E-state index contributed by atoms with van der Waals surface area (Å²) in [7, 11) is 0. The minimum atomic E-state index is -0.570. The highest BCUT2D eigenvalue weighted by molar-refractivity contribution is 6.33. The van der Waals surface area contributed by atoms with E-state index in [0.29, 0.717) is 13.1 Å². The van der Waals surface area contributed by atoms with Crippen LogP contribution in [0.2, 0.25) is 5.02 Å². The Labute approximate surface area is 108 Å². The Balaban J connectivity index is 2.20. The third-order valence-electron chi connectivity index (χ3n) is 2.89. The van der Waals surface area contributed by atoms with E-state index in [-0.39, 0.29) is 34.7 Å². The van der Waals surface area contributed by atoms with Gasteiger partial charge in [-0.15, -0.1) is 0 Å². The standard InChI is InChI=1S/C11H11ClN2O4/c12-10-2-1-8(14(17)18)3-9(10)11(16)13-4-7(5-13)6-15/h1-3,7,15H,4-6H2. The van der Waals surface area contributed by atoms with E-state index in [4.69, 9.17) is 16.7 Å². The molecular formula is C11H11ClN2O4. The number of non-ortho nitro benzene ring substituents is 1. The van der Waals surface area contributed by atoms with E-state index < -0.39 is 4.92 Å². The molecule has 96 valence electrons. The monoisotopic (exact) mass is 270 g/mol. The number of nitro groups is 1. The molecular weight excluding hydrogens is 260 g/mol. The van der Waals surface area contributed by atoms with Crippen molar-refractivity contribution in [2.45, 2.75) is 0 Å². The van der Waals surface area contributed by atoms with Crippen LogP contribution in [0.25, 0.3) is 0 Å². The number of carbonyl (C=O) groups excluding carboxylic acids is 1. The van der Waals surface area contributed by atoms with Crippen LogP contribution in [0.5, 0.6) is 0 Å². The molecule has 1 aliphatic heterocycles. The fraction of sp³-hybridized carbons (Fsp3) is 0.364. The second-order valence-corrected chi connectivity index (χ2v) is 4.59. The highest BCUT2D eigenvalue weighted by atomic mass is 35.5. The quantitative estimate of drug-likeness (QED) is 0.663. The summed E-state index contributed by atoms with van der Waals surface area (Å²) >= 11 is 5.87. The molecule has 0 spiro atoms. The lowest BCUT2D eigenvalue weighted by Crippen LogP contribution is -2.51. The predicted octanol–water partition coefficient (Wildman–Crippen LogP) is 1.31. The van der Waals surface area contributed by atoms with Crippen molar-refractivity contribution in [2.24, 2.45) is 5.92 Å². The molecule has 0 unspecified atom stereocenters. The zero-order valence-electron chi connectivity index (χ0n) is 9.38. The van der Waals surface area contributed by atoms with Gasteiger partial charge in [0.15, 0.2) is 0 Å². The van der Waals surface area contributed by atoms with Gasteiger partial charge in [0, 0.05) is 37.7 Å². The molecule has 0 radical (unpaired) electrons. The predicted molar refractivity (Wildman–Crippen MR) is 64.6 cm³/mol. The maximum Gasteiger partial charge on any atom is 0.270 e. The van der Waals surface area contributed by atoms with Crippen LogP contribution < -0.4 is 0 Å². The molecule has 1 fully saturated rings. The normalized spacial score (nSPS) is 15.3. The molecule has 1 aliphatic rings. The molecule has 1 saturated heterocycles. The number of benzene rings is 1. The molecule has 1 N–H and O–H groups in total. The summed E-state index contributed by atoms with van der Waals surface area (Å²) in [6.07, 6.45) is 0. The van der Waals surface area contributed by atoms with Gasteiger partial charge in [-0.2, -0.15) is 0 Å². The number of nitrogens with zero attached hydrogens (tertiary/aromatic N) is 2. The maximum atomic E-state index is 12.0. The minimum Gasteiger partial charge on any atom is -0.396 e. The topological polar surface area (TPSA) is 83.7 Å². The molecule has 2 rings (SSSR count). The second-order valence-electron chi connectivity index (χ2n) is 4.18. The molecule has 1 amide bonds. The van der Waals surface area contributed by atoms with E-state index in [1.165, 1.54) is 23.1 Å². The van der Waals surface area contributed by atoms with Crippen LogP contribution in [0.3, 0.4) is 0 Å². The van der Waals surface area contributed by atoms with Crippen molar-refractivity contribution in [3.8, 4) is 0 Å². The molecule has 1 aromatic rings. The Morgan fingerprint density at radius 1 is 1.56 bits per heavy atom. The summed E-state index contributed by atoms with van der Waals surface area (Å²) in [6.45, 7) is 0.940. The number of likely N-dealkylation sites (tertiary alicyclic amines) is 1. The van der Waals surface area contributed by atoms with Crippen LogP contribution >= 0.6 is 11.6 Å². The van der Waals surface area contributed by atoms with Crippen LogP contribution in [0.4, 0.5) is 5.69 Å². The Kier molecular flexibility index (Phi) is 3.49. The largest absolute Gasteiger partial charge is 0.396 e. The average molecular weight is 271 g/mol. The summed E-state index contributed by atoms with van der Waals surface area (Å²) in [5, 5.41) is 19.7. The van der Waals surface area contributed by atoms with Crippen molar-refractivity contribution in [3.63, 3.8) is 0 Å². The second kappa shape index (κ2) is 4.91. The molecule has 0 aromatic heterocycles. The molecule has 1 heterocycles. The van der Waals surface area contributed by atoms with Crippen LogP contribution in [0.15, 0.2) is 18.2 Å². The zero-order chi connectivity index (χ0) is 13.3. The van der Waals surface area contributed by atoms with Gasteiger partial charge in [-0.1, -0.05) is 11.6 Å². The van der Waals surface area contributed by atoms with Crippen LogP contribution in [0.1, 0.15) is 10.4 Å². The van der Waals surface area contributed by atoms with Crippen LogP contribution in [0, 0.1) is 16.0 Å². The third kappa shape index (κ3) is 2.30. The minimum absolute atomic E-state index is 0.0342. The fourth-order valence-corrected chi connectivity index (χ4v) is 2.01. The van der Waals surface area contributed by atoms with Gasteiger partial charge in [-0.3, -0.25) is 14.9 Å². The molecule has 0 atom stereocenters. The number of carbonyl (C=O) groups is 1. The summed E-state index contributed by atoms with van der Waals surface area (Å²) in [4.78, 5) is 23.6. The van der Waals surface area contributed by atoms with E-state index in [0.717, 1.165) is 0 Å². The zero-order valence-corrected chi connectivity index (χ0v) is 10.1. The van der Waals surface area contributed by atoms with Gasteiger partial charge in [0.1, 0.15) is 0 Å². The number of amides is 1. The van der Waals surface area contributed by atoms with Crippen molar-refractivity contribution < 1.29 is 14.8 Å². The van der Waals surface area contributed by atoms with Crippen molar-refractivity contribution in [1.82, 2.24) is 4.90 Å². The number of halogens is 1. The Morgan fingerprint density at radius 3 is 2.78 bits per heavy atom. The smallest absolute Gasteiger partial charge is 0.270 e. The van der Waals surface area contributed by atoms with Gasteiger partial charge >= 0.3 is 0 Å². The molecule has 6 nitrogen and oxygen atoms in total. The Morgan fingerprint density at radius 2 is 2.22 bits per heavy atom. The van der Waals surface area contributed by atoms with E-state index in [1.807, 2.05) is 0 Å². The van der Waals surface area contributed by atoms with Crippen molar-refractivity contribution in [1.29, 1.82) is 0 Å². The molecule has 0 saturated carbocycles.